The van der Waals surface area contributed by atoms with Gasteiger partial charge in [0.1, 0.15) is 5.82 Å². The molecule has 2 aromatic rings. The van der Waals surface area contributed by atoms with Gasteiger partial charge in [-0.1, -0.05) is 30.7 Å². The van der Waals surface area contributed by atoms with Gasteiger partial charge < -0.3 is 15.1 Å². The molecule has 7 nitrogen and oxygen atoms in total. The Bertz CT molecular complexity index is 1180. The lowest BCUT2D eigenvalue weighted by molar-refractivity contribution is -0.134. The largest absolute Gasteiger partial charge is 0.364 e. The summed E-state index contributed by atoms with van der Waals surface area (Å²) in [7, 11) is 0. The van der Waals surface area contributed by atoms with Gasteiger partial charge in [-0.3, -0.25) is 14.6 Å². The van der Waals surface area contributed by atoms with Gasteiger partial charge in [0.25, 0.3) is 0 Å². The van der Waals surface area contributed by atoms with Crippen LogP contribution in [-0.2, 0) is 9.59 Å². The Morgan fingerprint density at radius 1 is 1.26 bits per heavy atom. The van der Waals surface area contributed by atoms with Crippen molar-refractivity contribution in [3.63, 3.8) is 0 Å². The molecule has 1 saturated carbocycles. The van der Waals surface area contributed by atoms with E-state index in [1.54, 1.807) is 12.4 Å². The average Bonchev–Trinajstić information content (AvgIpc) is 3.51. The van der Waals surface area contributed by atoms with Crippen LogP contribution in [0.3, 0.4) is 0 Å². The number of piperazine rings is 1. The second-order valence-corrected chi connectivity index (χ2v) is 10.9. The van der Waals surface area contributed by atoms with E-state index >= 15 is 0 Å². The summed E-state index contributed by atoms with van der Waals surface area (Å²) in [5, 5.41) is 3.58. The molecule has 1 aromatic carbocycles. The Kier molecular flexibility index (Phi) is 6.08. The van der Waals surface area contributed by atoms with Crippen LogP contribution in [0.25, 0.3) is 0 Å². The van der Waals surface area contributed by atoms with Crippen LogP contribution in [0.5, 0.6) is 0 Å². The Hall–Kier alpha value is -2.93. The van der Waals surface area contributed by atoms with E-state index in [-0.39, 0.29) is 35.4 Å². The molecule has 1 aromatic heterocycles. The second kappa shape index (κ2) is 8.94. The molecule has 2 fully saturated rings. The van der Waals surface area contributed by atoms with E-state index in [4.69, 9.17) is 11.6 Å². The van der Waals surface area contributed by atoms with Gasteiger partial charge in [0, 0.05) is 54.2 Å². The molecule has 1 saturated heterocycles. The minimum absolute atomic E-state index is 0.0117. The molecule has 0 bridgehead atoms. The van der Waals surface area contributed by atoms with Gasteiger partial charge in [-0.2, -0.15) is 0 Å². The van der Waals surface area contributed by atoms with Gasteiger partial charge in [0.2, 0.25) is 11.8 Å². The molecule has 5 rings (SSSR count). The number of anilines is 2. The number of aromatic nitrogens is 1. The van der Waals surface area contributed by atoms with Gasteiger partial charge in [0.05, 0.1) is 17.5 Å². The first-order chi connectivity index (χ1) is 16.7. The quantitative estimate of drug-likeness (QED) is 0.616. The van der Waals surface area contributed by atoms with Crippen LogP contribution in [-0.4, -0.2) is 58.6 Å². The van der Waals surface area contributed by atoms with Gasteiger partial charge >= 0.3 is 0 Å². The number of hydrogen-bond donors (Lipinski definition) is 1. The summed E-state index contributed by atoms with van der Waals surface area (Å²) in [6.45, 7) is 9.64. The number of nitrogens with zero attached hydrogens (tertiary/aromatic N) is 4. The van der Waals surface area contributed by atoms with E-state index < -0.39 is 5.92 Å². The minimum Gasteiger partial charge on any atom is -0.364 e. The summed E-state index contributed by atoms with van der Waals surface area (Å²) in [5.74, 6) is 0.424. The SMILES string of the molecule is CC(C)/N=C/[C@@H](C(=O)N1CCN(c2ccnc3c2[C@H](C)CC(=O)N3)[C@H]2C[C@]21C)c1ccc(Cl)cc1. The number of hydrogen-bond acceptors (Lipinski definition) is 5. The number of halogens is 1. The van der Waals surface area contributed by atoms with Crippen molar-refractivity contribution in [1.29, 1.82) is 0 Å². The normalized spacial score (nSPS) is 26.4. The van der Waals surface area contributed by atoms with Gasteiger partial charge in [0.15, 0.2) is 0 Å². The van der Waals surface area contributed by atoms with E-state index in [2.05, 4.69) is 45.0 Å². The highest BCUT2D eigenvalue weighted by molar-refractivity contribution is 6.30. The predicted molar refractivity (Wildman–Crippen MR) is 140 cm³/mol. The first kappa shape index (κ1) is 23.8. The van der Waals surface area contributed by atoms with E-state index in [1.165, 1.54) is 0 Å². The van der Waals surface area contributed by atoms with Gasteiger partial charge in [-0.15, -0.1) is 0 Å². The van der Waals surface area contributed by atoms with Crippen molar-refractivity contribution in [3.8, 4) is 0 Å². The third-order valence-corrected chi connectivity index (χ3v) is 7.79. The van der Waals surface area contributed by atoms with Crippen LogP contribution in [0.15, 0.2) is 41.5 Å². The summed E-state index contributed by atoms with van der Waals surface area (Å²) in [6, 6.07) is 9.87. The Morgan fingerprint density at radius 3 is 2.71 bits per heavy atom. The van der Waals surface area contributed by atoms with Crippen LogP contribution >= 0.6 is 11.6 Å². The van der Waals surface area contributed by atoms with Gasteiger partial charge in [-0.05, 0) is 56.9 Å². The van der Waals surface area contributed by atoms with E-state index in [9.17, 15) is 9.59 Å². The van der Waals surface area contributed by atoms with Crippen LogP contribution in [0.4, 0.5) is 11.5 Å². The second-order valence-electron chi connectivity index (χ2n) is 10.4. The summed E-state index contributed by atoms with van der Waals surface area (Å²) < 4.78 is 0. The summed E-state index contributed by atoms with van der Waals surface area (Å²) >= 11 is 6.10. The number of amides is 2. The number of nitrogens with one attached hydrogen (secondary N) is 1. The number of fused-ring (bicyclic) bond motifs is 2. The molecule has 1 N–H and O–H groups in total. The molecule has 2 amide bonds. The molecule has 2 aliphatic heterocycles. The smallest absolute Gasteiger partial charge is 0.236 e. The Morgan fingerprint density at radius 2 is 2.00 bits per heavy atom. The van der Waals surface area contributed by atoms with Crippen molar-refractivity contribution in [3.05, 3.63) is 52.7 Å². The monoisotopic (exact) mass is 493 g/mol. The molecule has 3 heterocycles. The molecule has 4 atom stereocenters. The zero-order chi connectivity index (χ0) is 24.9. The summed E-state index contributed by atoms with van der Waals surface area (Å²) in [5.41, 5.74) is 2.88. The lowest BCUT2D eigenvalue weighted by Gasteiger charge is -2.43. The fourth-order valence-electron chi connectivity index (χ4n) is 5.59. The van der Waals surface area contributed by atoms with Crippen LogP contribution in [0.2, 0.25) is 5.02 Å². The molecular weight excluding hydrogens is 462 g/mol. The van der Waals surface area contributed by atoms with Crippen molar-refractivity contribution < 1.29 is 9.59 Å². The molecule has 3 aliphatic rings. The number of aliphatic imine (C=N–C) groups is 1. The van der Waals surface area contributed by atoms with E-state index in [1.807, 2.05) is 38.1 Å². The number of pyridine rings is 1. The topological polar surface area (TPSA) is 77.9 Å². The van der Waals surface area contributed by atoms with Crippen molar-refractivity contribution in [2.75, 3.05) is 23.3 Å². The third kappa shape index (κ3) is 4.31. The summed E-state index contributed by atoms with van der Waals surface area (Å²) in [4.78, 5) is 39.4. The molecule has 0 radical (unpaired) electrons. The Balaban J connectivity index is 1.42. The first-order valence-electron chi connectivity index (χ1n) is 12.3. The number of carbonyl (C=O) groups excluding carboxylic acids is 2. The fraction of sp³-hybridized carbons (Fsp3) is 0.481. The summed E-state index contributed by atoms with van der Waals surface area (Å²) in [6.07, 6.45) is 4.94. The van der Waals surface area contributed by atoms with Gasteiger partial charge in [-0.25, -0.2) is 4.98 Å². The van der Waals surface area contributed by atoms with E-state index in [0.717, 1.165) is 29.8 Å². The maximum absolute atomic E-state index is 13.9. The zero-order valence-electron chi connectivity index (χ0n) is 20.7. The predicted octanol–water partition coefficient (Wildman–Crippen LogP) is 4.62. The highest BCUT2D eigenvalue weighted by Crippen LogP contribution is 2.52. The minimum atomic E-state index is -0.441. The maximum Gasteiger partial charge on any atom is 0.236 e. The lowest BCUT2D eigenvalue weighted by atomic mass is 9.92. The van der Waals surface area contributed by atoms with Crippen molar-refractivity contribution in [2.24, 2.45) is 4.99 Å². The zero-order valence-corrected chi connectivity index (χ0v) is 21.4. The molecule has 35 heavy (non-hydrogen) atoms. The third-order valence-electron chi connectivity index (χ3n) is 7.53. The fourth-order valence-corrected chi connectivity index (χ4v) is 5.71. The van der Waals surface area contributed by atoms with E-state index in [0.29, 0.717) is 23.8 Å². The molecule has 184 valence electrons. The highest BCUT2D eigenvalue weighted by atomic mass is 35.5. The highest BCUT2D eigenvalue weighted by Gasteiger charge is 2.62. The molecule has 0 spiro atoms. The lowest BCUT2D eigenvalue weighted by Crippen LogP contribution is -2.55. The molecule has 0 unspecified atom stereocenters. The standard InChI is InChI=1S/C27H32ClN5O2/c1-16(2)30-15-20(18-5-7-19(28)8-6-18)26(35)33-12-11-32(22-14-27(22,33)4)21-9-10-29-25-24(21)17(3)13-23(34)31-25/h5-10,15-17,20,22H,11-14H2,1-4H3,(H,29,31,34)/b30-15+/t17-,20-,22+,27-/m1/s1. The first-order valence-corrected chi connectivity index (χ1v) is 12.7. The van der Waals surface area contributed by atoms with Crippen LogP contribution in [0, 0.1) is 0 Å². The molecule has 8 heteroatoms. The number of benzene rings is 1. The van der Waals surface area contributed by atoms with Crippen molar-refractivity contribution in [2.45, 2.75) is 70.0 Å². The maximum atomic E-state index is 13.9. The van der Waals surface area contributed by atoms with Crippen molar-refractivity contribution in [1.82, 2.24) is 9.88 Å². The number of rotatable bonds is 5. The molecular formula is C27H32ClN5O2. The van der Waals surface area contributed by atoms with Crippen molar-refractivity contribution >= 4 is 41.1 Å². The molecule has 1 aliphatic carbocycles. The van der Waals surface area contributed by atoms with Crippen LogP contribution in [0.1, 0.15) is 63.5 Å². The van der Waals surface area contributed by atoms with Crippen LogP contribution < -0.4 is 10.2 Å². The average molecular weight is 494 g/mol. The number of carbonyl (C=O) groups is 2. The Labute approximate surface area is 211 Å².